The molecule has 0 aliphatic carbocycles. The molecule has 2 aromatic heterocycles. The Hall–Kier alpha value is -3.89. The zero-order valence-electron chi connectivity index (χ0n) is 23.6. The molecule has 218 valence electrons. The van der Waals surface area contributed by atoms with Gasteiger partial charge in [-0.05, 0) is 50.5 Å². The van der Waals surface area contributed by atoms with Gasteiger partial charge in [0.05, 0.1) is 11.0 Å². The molecule has 0 aliphatic heterocycles. The van der Waals surface area contributed by atoms with Crippen LogP contribution in [0.1, 0.15) is 45.0 Å². The largest absolute Gasteiger partial charge is 0.478 e. The van der Waals surface area contributed by atoms with E-state index in [1.165, 1.54) is 13.8 Å². The van der Waals surface area contributed by atoms with Crippen molar-refractivity contribution in [2.75, 3.05) is 24.8 Å². The molecule has 0 atom stereocenters. The highest BCUT2D eigenvalue weighted by molar-refractivity contribution is 6.27. The molecule has 0 fully saturated rings. The van der Waals surface area contributed by atoms with Crippen molar-refractivity contribution in [3.05, 3.63) is 59.9 Å². The number of aliphatic carboxylic acids is 1. The third kappa shape index (κ3) is 7.07. The lowest BCUT2D eigenvalue weighted by Gasteiger charge is -2.24. The number of nitrogens with zero attached hydrogens (tertiary/aromatic N) is 4. The first-order chi connectivity index (χ1) is 19.6. The molecule has 10 nitrogen and oxygen atoms in total. The molecule has 0 aliphatic rings. The number of carboxylic acids is 1. The molecule has 2 aromatic carbocycles. The van der Waals surface area contributed by atoms with Gasteiger partial charge in [-0.1, -0.05) is 37.3 Å². The van der Waals surface area contributed by atoms with Gasteiger partial charge in [0.2, 0.25) is 5.91 Å². The van der Waals surface area contributed by atoms with E-state index < -0.39 is 11.6 Å². The second-order valence-electron chi connectivity index (χ2n) is 10.3. The fraction of sp³-hybridized carbons (Fsp3) is 0.400. The van der Waals surface area contributed by atoms with Crippen LogP contribution in [0.15, 0.2) is 48.5 Å². The number of hydrogen-bond donors (Lipinski definition) is 2. The topological polar surface area (TPSA) is 133 Å². The van der Waals surface area contributed by atoms with Gasteiger partial charge in [0.25, 0.3) is 0 Å². The van der Waals surface area contributed by atoms with E-state index in [4.69, 9.17) is 31.8 Å². The van der Waals surface area contributed by atoms with Gasteiger partial charge in [0.15, 0.2) is 11.4 Å². The van der Waals surface area contributed by atoms with E-state index >= 15 is 0 Å². The molecular formula is C30H36ClN5O5. The molecule has 0 saturated carbocycles. The zero-order chi connectivity index (χ0) is 29.6. The molecule has 0 saturated heterocycles. The standard InChI is InChI=1S/C30H36ClN5O5/c1-4-15-40-19-24-34-26-27(22-11-5-6-12-23(22)33-28(26)32)36(24)14-8-13-35(25(37)17-31)18-20-9-7-10-21(16-20)41-30(2,3)29(38)39/h5-7,9-12,16H,4,8,13-15,17-19H2,1-3H3,(H2,32,33)(H,38,39). The van der Waals surface area contributed by atoms with Gasteiger partial charge in [0, 0.05) is 31.6 Å². The monoisotopic (exact) mass is 581 g/mol. The number of aryl methyl sites for hydroxylation is 1. The maximum absolute atomic E-state index is 12.8. The van der Waals surface area contributed by atoms with Crippen LogP contribution in [0.25, 0.3) is 21.9 Å². The number of pyridine rings is 1. The SMILES string of the molecule is CCCOCc1nc2c(N)nc3ccccc3c2n1CCCN(Cc1cccc(OC(C)(C)C(=O)O)c1)C(=O)CCl. The summed E-state index contributed by atoms with van der Waals surface area (Å²) < 4.78 is 13.6. The number of nitrogens with two attached hydrogens (primary N) is 1. The Labute approximate surface area is 244 Å². The van der Waals surface area contributed by atoms with E-state index in [0.29, 0.717) is 56.4 Å². The minimum atomic E-state index is -1.39. The lowest BCUT2D eigenvalue weighted by Crippen LogP contribution is -2.38. The summed E-state index contributed by atoms with van der Waals surface area (Å²) in [5.74, 6) is 0.0936. The van der Waals surface area contributed by atoms with Crippen molar-refractivity contribution in [1.29, 1.82) is 0 Å². The lowest BCUT2D eigenvalue weighted by molar-refractivity contribution is -0.152. The summed E-state index contributed by atoms with van der Waals surface area (Å²) in [6.45, 7) is 7.27. The smallest absolute Gasteiger partial charge is 0.347 e. The first-order valence-electron chi connectivity index (χ1n) is 13.6. The number of carbonyl (C=O) groups excluding carboxylic acids is 1. The maximum atomic E-state index is 12.8. The summed E-state index contributed by atoms with van der Waals surface area (Å²) in [6, 6.07) is 14.9. The number of hydrogen-bond acceptors (Lipinski definition) is 7. The van der Waals surface area contributed by atoms with Crippen molar-refractivity contribution in [3.8, 4) is 5.75 Å². The number of nitrogen functional groups attached to an aromatic ring is 1. The van der Waals surface area contributed by atoms with Crippen LogP contribution in [-0.2, 0) is 34.0 Å². The van der Waals surface area contributed by atoms with Crippen LogP contribution in [0.5, 0.6) is 5.75 Å². The Bertz CT molecular complexity index is 1540. The highest BCUT2D eigenvalue weighted by Gasteiger charge is 2.29. The fourth-order valence-electron chi connectivity index (χ4n) is 4.63. The van der Waals surface area contributed by atoms with E-state index in [2.05, 4.69) is 16.5 Å². The zero-order valence-corrected chi connectivity index (χ0v) is 24.4. The van der Waals surface area contributed by atoms with E-state index in [1.807, 2.05) is 30.3 Å². The Morgan fingerprint density at radius 1 is 1.15 bits per heavy atom. The minimum Gasteiger partial charge on any atom is -0.478 e. The van der Waals surface area contributed by atoms with Crippen molar-refractivity contribution < 1.29 is 24.2 Å². The summed E-state index contributed by atoms with van der Waals surface area (Å²) in [6.07, 6.45) is 1.51. The van der Waals surface area contributed by atoms with E-state index in [-0.39, 0.29) is 11.8 Å². The fourth-order valence-corrected chi connectivity index (χ4v) is 4.79. The Balaban J connectivity index is 1.57. The molecule has 3 N–H and O–H groups in total. The van der Waals surface area contributed by atoms with E-state index in [1.54, 1.807) is 23.1 Å². The second-order valence-corrected chi connectivity index (χ2v) is 10.6. The number of alkyl halides is 1. The molecule has 41 heavy (non-hydrogen) atoms. The Kier molecular flexibility index (Phi) is 9.67. The number of para-hydroxylation sites is 1. The maximum Gasteiger partial charge on any atom is 0.347 e. The molecule has 0 unspecified atom stereocenters. The van der Waals surface area contributed by atoms with Crippen molar-refractivity contribution >= 4 is 51.2 Å². The van der Waals surface area contributed by atoms with Crippen LogP contribution in [0.2, 0.25) is 0 Å². The minimum absolute atomic E-state index is 0.154. The van der Waals surface area contributed by atoms with Crippen LogP contribution in [-0.4, -0.2) is 61.1 Å². The molecule has 0 spiro atoms. The predicted octanol–water partition coefficient (Wildman–Crippen LogP) is 4.99. The molecule has 0 radical (unpaired) electrons. The molecule has 11 heteroatoms. The number of rotatable bonds is 14. The Morgan fingerprint density at radius 2 is 1.93 bits per heavy atom. The molecular weight excluding hydrogens is 546 g/mol. The van der Waals surface area contributed by atoms with Crippen molar-refractivity contribution in [1.82, 2.24) is 19.4 Å². The van der Waals surface area contributed by atoms with Crippen LogP contribution in [0.4, 0.5) is 5.82 Å². The third-order valence-electron chi connectivity index (χ3n) is 6.71. The second kappa shape index (κ2) is 13.2. The van der Waals surface area contributed by atoms with Gasteiger partial charge < -0.3 is 29.8 Å². The number of aromatic nitrogens is 3. The summed E-state index contributed by atoms with van der Waals surface area (Å²) in [5.41, 5.74) is 8.03. The van der Waals surface area contributed by atoms with Gasteiger partial charge in [-0.2, -0.15) is 0 Å². The molecule has 4 rings (SSSR count). The average Bonchev–Trinajstić information content (AvgIpc) is 3.31. The van der Waals surface area contributed by atoms with Crippen molar-refractivity contribution in [2.45, 2.75) is 58.9 Å². The normalized spacial score (nSPS) is 11.7. The van der Waals surface area contributed by atoms with Crippen LogP contribution >= 0.6 is 11.6 Å². The van der Waals surface area contributed by atoms with Crippen LogP contribution < -0.4 is 10.5 Å². The van der Waals surface area contributed by atoms with E-state index in [0.717, 1.165) is 34.2 Å². The summed E-state index contributed by atoms with van der Waals surface area (Å²) in [4.78, 5) is 35.3. The van der Waals surface area contributed by atoms with Crippen LogP contribution in [0.3, 0.4) is 0 Å². The molecule has 4 aromatic rings. The summed E-state index contributed by atoms with van der Waals surface area (Å²) >= 11 is 5.97. The number of benzene rings is 2. The molecule has 1 amide bonds. The van der Waals surface area contributed by atoms with Gasteiger partial charge in [0.1, 0.15) is 29.6 Å². The number of halogens is 1. The highest BCUT2D eigenvalue weighted by atomic mass is 35.5. The number of anilines is 1. The summed E-state index contributed by atoms with van der Waals surface area (Å²) in [5, 5.41) is 10.3. The molecule has 2 heterocycles. The van der Waals surface area contributed by atoms with Gasteiger partial charge in [-0.3, -0.25) is 4.79 Å². The number of fused-ring (bicyclic) bond motifs is 3. The lowest BCUT2D eigenvalue weighted by atomic mass is 10.1. The Morgan fingerprint density at radius 3 is 2.66 bits per heavy atom. The first-order valence-corrected chi connectivity index (χ1v) is 14.1. The summed E-state index contributed by atoms with van der Waals surface area (Å²) in [7, 11) is 0. The van der Waals surface area contributed by atoms with Crippen molar-refractivity contribution in [3.63, 3.8) is 0 Å². The number of carbonyl (C=O) groups is 2. The van der Waals surface area contributed by atoms with E-state index in [9.17, 15) is 14.7 Å². The van der Waals surface area contributed by atoms with Gasteiger partial charge in [-0.25, -0.2) is 14.8 Å². The average molecular weight is 582 g/mol. The highest BCUT2D eigenvalue weighted by Crippen LogP contribution is 2.29. The number of carboxylic acid groups (broad SMARTS) is 1. The number of amides is 1. The van der Waals surface area contributed by atoms with Gasteiger partial charge in [-0.15, -0.1) is 11.6 Å². The van der Waals surface area contributed by atoms with Crippen LogP contribution in [0, 0.1) is 0 Å². The molecule has 0 bridgehead atoms. The number of imidazole rings is 1. The quantitative estimate of drug-likeness (QED) is 0.157. The van der Waals surface area contributed by atoms with Gasteiger partial charge >= 0.3 is 5.97 Å². The predicted molar refractivity (Wildman–Crippen MR) is 159 cm³/mol. The number of ether oxygens (including phenoxy) is 2. The van der Waals surface area contributed by atoms with Crippen molar-refractivity contribution in [2.24, 2.45) is 0 Å². The third-order valence-corrected chi connectivity index (χ3v) is 6.93. The first kappa shape index (κ1) is 30.1.